The van der Waals surface area contributed by atoms with Gasteiger partial charge < -0.3 is 15.4 Å². The molecule has 0 radical (unpaired) electrons. The second kappa shape index (κ2) is 5.40. The van der Waals surface area contributed by atoms with Gasteiger partial charge >= 0.3 is 0 Å². The van der Waals surface area contributed by atoms with Gasteiger partial charge in [-0.2, -0.15) is 0 Å². The Hall–Kier alpha value is -1.62. The third-order valence-electron chi connectivity index (χ3n) is 4.14. The normalized spacial score (nSPS) is 16.0. The van der Waals surface area contributed by atoms with E-state index in [2.05, 4.69) is 10.3 Å². The van der Waals surface area contributed by atoms with E-state index in [0.29, 0.717) is 24.2 Å². The maximum atomic E-state index is 12.3. The summed E-state index contributed by atoms with van der Waals surface area (Å²) in [6.07, 6.45) is 2.53. The minimum absolute atomic E-state index is 0.0244. The van der Waals surface area contributed by atoms with E-state index in [4.69, 9.17) is 0 Å². The first kappa shape index (κ1) is 14.8. The number of Topliss-reactive ketones (excluding diaryl/α,β-unsaturated/α-hetero) is 1. The molecule has 20 heavy (non-hydrogen) atoms. The number of ketones is 1. The minimum atomic E-state index is -0.197. The fourth-order valence-corrected chi connectivity index (χ4v) is 2.62. The second-order valence-corrected chi connectivity index (χ2v) is 5.73. The molecule has 1 aromatic heterocycles. The summed E-state index contributed by atoms with van der Waals surface area (Å²) in [6.45, 7) is 5.85. The summed E-state index contributed by atoms with van der Waals surface area (Å²) >= 11 is 0. The fourth-order valence-electron chi connectivity index (χ4n) is 2.62. The first-order valence-electron chi connectivity index (χ1n) is 7.05. The number of aromatic amines is 1. The van der Waals surface area contributed by atoms with Crippen LogP contribution in [0.4, 0.5) is 0 Å². The van der Waals surface area contributed by atoms with Crippen molar-refractivity contribution in [3.05, 3.63) is 22.5 Å². The van der Waals surface area contributed by atoms with E-state index in [1.165, 1.54) is 6.92 Å². The Morgan fingerprint density at radius 2 is 2.05 bits per heavy atom. The van der Waals surface area contributed by atoms with Crippen molar-refractivity contribution in [3.8, 4) is 0 Å². The highest BCUT2D eigenvalue weighted by Gasteiger charge is 2.42. The predicted molar refractivity (Wildman–Crippen MR) is 76.0 cm³/mol. The van der Waals surface area contributed by atoms with Gasteiger partial charge in [0, 0.05) is 23.2 Å². The quantitative estimate of drug-likeness (QED) is 0.691. The predicted octanol–water partition coefficient (Wildman–Crippen LogP) is 1.59. The van der Waals surface area contributed by atoms with Crippen molar-refractivity contribution in [1.29, 1.82) is 0 Å². The Morgan fingerprint density at radius 3 is 2.50 bits per heavy atom. The SMILES string of the molecule is CCc1c(C(=O)NCC2(CO)CC2)[nH]c(C)c1C(C)=O. The lowest BCUT2D eigenvalue weighted by Crippen LogP contribution is -2.32. The molecular weight excluding hydrogens is 256 g/mol. The molecule has 5 heteroatoms. The van der Waals surface area contributed by atoms with Gasteiger partial charge in [-0.15, -0.1) is 0 Å². The lowest BCUT2D eigenvalue weighted by molar-refractivity contribution is 0.0929. The second-order valence-electron chi connectivity index (χ2n) is 5.73. The van der Waals surface area contributed by atoms with Crippen LogP contribution in [0.2, 0.25) is 0 Å². The molecule has 0 aromatic carbocycles. The summed E-state index contributed by atoms with van der Waals surface area (Å²) in [7, 11) is 0. The average Bonchev–Trinajstić information content (AvgIpc) is 3.12. The fraction of sp³-hybridized carbons (Fsp3) is 0.600. The molecule has 0 spiro atoms. The number of hydrogen-bond acceptors (Lipinski definition) is 3. The number of aryl methyl sites for hydroxylation is 1. The molecule has 1 fully saturated rings. The number of amides is 1. The molecule has 1 aliphatic rings. The van der Waals surface area contributed by atoms with Crippen molar-refractivity contribution in [1.82, 2.24) is 10.3 Å². The number of carbonyl (C=O) groups excluding carboxylic acids is 2. The Kier molecular flexibility index (Phi) is 3.99. The molecule has 0 saturated heterocycles. The molecule has 1 amide bonds. The molecule has 1 aliphatic carbocycles. The number of aromatic nitrogens is 1. The van der Waals surface area contributed by atoms with E-state index in [0.717, 1.165) is 24.1 Å². The highest BCUT2D eigenvalue weighted by molar-refractivity contribution is 6.02. The van der Waals surface area contributed by atoms with Gasteiger partial charge in [0.25, 0.3) is 5.91 Å². The van der Waals surface area contributed by atoms with E-state index in [1.807, 2.05) is 13.8 Å². The van der Waals surface area contributed by atoms with Gasteiger partial charge in [-0.05, 0) is 38.7 Å². The molecule has 0 bridgehead atoms. The number of aliphatic hydroxyl groups is 1. The smallest absolute Gasteiger partial charge is 0.268 e. The lowest BCUT2D eigenvalue weighted by atomic mass is 10.0. The molecule has 0 atom stereocenters. The Bertz CT molecular complexity index is 542. The van der Waals surface area contributed by atoms with Crippen molar-refractivity contribution in [2.24, 2.45) is 5.41 Å². The molecule has 3 N–H and O–H groups in total. The molecule has 0 unspecified atom stereocenters. The zero-order valence-corrected chi connectivity index (χ0v) is 12.3. The van der Waals surface area contributed by atoms with E-state index >= 15 is 0 Å². The number of hydrogen-bond donors (Lipinski definition) is 3. The number of nitrogens with one attached hydrogen (secondary N) is 2. The van der Waals surface area contributed by atoms with Gasteiger partial charge in [-0.3, -0.25) is 9.59 Å². The Morgan fingerprint density at radius 1 is 1.40 bits per heavy atom. The zero-order chi connectivity index (χ0) is 14.9. The van der Waals surface area contributed by atoms with Crippen molar-refractivity contribution < 1.29 is 14.7 Å². The van der Waals surface area contributed by atoms with Crippen LogP contribution in [0.25, 0.3) is 0 Å². The Labute approximate surface area is 118 Å². The maximum absolute atomic E-state index is 12.3. The third kappa shape index (κ3) is 2.63. The van der Waals surface area contributed by atoms with Crippen molar-refractivity contribution >= 4 is 11.7 Å². The van der Waals surface area contributed by atoms with Gasteiger partial charge in [0.15, 0.2) is 5.78 Å². The number of H-pyrrole nitrogens is 1. The average molecular weight is 278 g/mol. The standard InChI is InChI=1S/C15H22N2O3/c1-4-11-12(10(3)19)9(2)17-13(11)14(20)16-7-15(8-18)5-6-15/h17-18H,4-8H2,1-3H3,(H,16,20). The van der Waals surface area contributed by atoms with Crippen LogP contribution in [0, 0.1) is 12.3 Å². The highest BCUT2D eigenvalue weighted by Crippen LogP contribution is 2.44. The number of aliphatic hydroxyl groups excluding tert-OH is 1. The van der Waals surface area contributed by atoms with Crippen LogP contribution in [-0.2, 0) is 6.42 Å². The van der Waals surface area contributed by atoms with Gasteiger partial charge in [0.1, 0.15) is 5.69 Å². The van der Waals surface area contributed by atoms with Crippen molar-refractivity contribution in [2.75, 3.05) is 13.2 Å². The number of carbonyl (C=O) groups is 2. The maximum Gasteiger partial charge on any atom is 0.268 e. The van der Waals surface area contributed by atoms with Crippen molar-refractivity contribution in [3.63, 3.8) is 0 Å². The first-order chi connectivity index (χ1) is 9.44. The summed E-state index contributed by atoms with van der Waals surface area (Å²) in [5.41, 5.74) is 2.50. The summed E-state index contributed by atoms with van der Waals surface area (Å²) in [6, 6.07) is 0. The molecule has 2 rings (SSSR count). The summed E-state index contributed by atoms with van der Waals surface area (Å²) in [4.78, 5) is 27.0. The molecular formula is C15H22N2O3. The van der Waals surface area contributed by atoms with Crippen molar-refractivity contribution in [2.45, 2.75) is 40.0 Å². The minimum Gasteiger partial charge on any atom is -0.396 e. The van der Waals surface area contributed by atoms with Crippen LogP contribution in [-0.4, -0.2) is 34.9 Å². The largest absolute Gasteiger partial charge is 0.396 e. The van der Waals surface area contributed by atoms with Crippen LogP contribution in [0.3, 0.4) is 0 Å². The van der Waals surface area contributed by atoms with Crippen LogP contribution >= 0.6 is 0 Å². The zero-order valence-electron chi connectivity index (χ0n) is 12.3. The molecule has 1 aromatic rings. The van der Waals surface area contributed by atoms with Gasteiger partial charge in [0.2, 0.25) is 0 Å². The highest BCUT2D eigenvalue weighted by atomic mass is 16.3. The summed E-state index contributed by atoms with van der Waals surface area (Å²) in [5.74, 6) is -0.221. The van der Waals surface area contributed by atoms with E-state index < -0.39 is 0 Å². The third-order valence-corrected chi connectivity index (χ3v) is 4.14. The van der Waals surface area contributed by atoms with Gasteiger partial charge in [-0.25, -0.2) is 0 Å². The van der Waals surface area contributed by atoms with Gasteiger partial charge in [0.05, 0.1) is 6.61 Å². The molecule has 0 aliphatic heterocycles. The number of rotatable bonds is 6. The molecule has 110 valence electrons. The van der Waals surface area contributed by atoms with Crippen LogP contribution in [0.1, 0.15) is 58.8 Å². The topological polar surface area (TPSA) is 82.2 Å². The first-order valence-corrected chi connectivity index (χ1v) is 7.05. The van der Waals surface area contributed by atoms with E-state index in [-0.39, 0.29) is 23.7 Å². The van der Waals surface area contributed by atoms with E-state index in [9.17, 15) is 14.7 Å². The Balaban J connectivity index is 2.17. The van der Waals surface area contributed by atoms with E-state index in [1.54, 1.807) is 0 Å². The monoisotopic (exact) mass is 278 g/mol. The molecule has 5 nitrogen and oxygen atoms in total. The van der Waals surface area contributed by atoms with Crippen LogP contribution in [0.15, 0.2) is 0 Å². The molecule has 1 saturated carbocycles. The summed E-state index contributed by atoms with van der Waals surface area (Å²) < 4.78 is 0. The van der Waals surface area contributed by atoms with Crippen LogP contribution < -0.4 is 5.32 Å². The van der Waals surface area contributed by atoms with Gasteiger partial charge in [-0.1, -0.05) is 6.92 Å². The van der Waals surface area contributed by atoms with Crippen LogP contribution in [0.5, 0.6) is 0 Å². The summed E-state index contributed by atoms with van der Waals surface area (Å²) in [5, 5.41) is 12.1. The molecule has 1 heterocycles. The lowest BCUT2D eigenvalue weighted by Gasteiger charge is -2.12.